The van der Waals surface area contributed by atoms with E-state index >= 15 is 0 Å². The van der Waals surface area contributed by atoms with E-state index in [0.717, 1.165) is 38.5 Å². The first-order valence-electron chi connectivity index (χ1n) is 11.5. The predicted octanol–water partition coefficient (Wildman–Crippen LogP) is 8.21. The quantitative estimate of drug-likeness (QED) is 0.201. The molecule has 2 nitrogen and oxygen atoms in total. The molecule has 0 N–H and O–H groups in total. The van der Waals surface area contributed by atoms with Gasteiger partial charge in [0.05, 0.1) is 19.5 Å². The average molecular weight is 423 g/mol. The van der Waals surface area contributed by atoms with Gasteiger partial charge in [-0.15, -0.1) is 13.2 Å². The molecule has 0 radical (unpaired) electrons. The zero-order valence-electron chi connectivity index (χ0n) is 18.8. The van der Waals surface area contributed by atoms with Crippen molar-refractivity contribution in [3.63, 3.8) is 0 Å². The number of hydrogen-bond acceptors (Lipinski definition) is 2. The molecule has 170 valence electrons. The third kappa shape index (κ3) is 9.77. The third-order valence-electron chi connectivity index (χ3n) is 6.01. The molecular formula is C26H40F2O2. The Morgan fingerprint density at radius 2 is 1.37 bits per heavy atom. The number of halogens is 2. The van der Waals surface area contributed by atoms with E-state index in [-0.39, 0.29) is 12.1 Å². The van der Waals surface area contributed by atoms with Gasteiger partial charge in [-0.1, -0.05) is 26.0 Å². The Morgan fingerprint density at radius 3 is 1.83 bits per heavy atom. The molecule has 2 aliphatic rings. The average Bonchev–Trinajstić information content (AvgIpc) is 2.82. The fourth-order valence-corrected chi connectivity index (χ4v) is 4.01. The van der Waals surface area contributed by atoms with Crippen LogP contribution in [0.4, 0.5) is 8.78 Å². The van der Waals surface area contributed by atoms with Crippen LogP contribution in [-0.2, 0) is 9.47 Å². The molecule has 0 unspecified atom stereocenters. The second-order valence-corrected chi connectivity index (χ2v) is 7.99. The summed E-state index contributed by atoms with van der Waals surface area (Å²) in [4.78, 5) is 0. The normalized spacial score (nSPS) is 27.7. The summed E-state index contributed by atoms with van der Waals surface area (Å²) in [6, 6.07) is 0. The molecule has 0 amide bonds. The Morgan fingerprint density at radius 1 is 0.867 bits per heavy atom. The fraction of sp³-hybridized carbons (Fsp3) is 0.615. The largest absolute Gasteiger partial charge is 0.501 e. The molecule has 2 saturated carbocycles. The van der Waals surface area contributed by atoms with Gasteiger partial charge in [0.25, 0.3) is 0 Å². The van der Waals surface area contributed by atoms with Gasteiger partial charge < -0.3 is 9.47 Å². The maximum Gasteiger partial charge on any atom is 0.193 e. The van der Waals surface area contributed by atoms with Crippen molar-refractivity contribution in [2.45, 2.75) is 65.2 Å². The lowest BCUT2D eigenvalue weighted by atomic mass is 9.82. The summed E-state index contributed by atoms with van der Waals surface area (Å²) in [5.74, 6) is 1.05. The van der Waals surface area contributed by atoms with Crippen LogP contribution in [0.1, 0.15) is 65.2 Å². The van der Waals surface area contributed by atoms with E-state index in [4.69, 9.17) is 9.47 Å². The second kappa shape index (κ2) is 15.9. The molecular weight excluding hydrogens is 382 g/mol. The zero-order valence-corrected chi connectivity index (χ0v) is 18.8. The molecule has 0 aromatic heterocycles. The number of hydrogen-bond donors (Lipinski definition) is 0. The van der Waals surface area contributed by atoms with Gasteiger partial charge in [-0.05, 0) is 87.2 Å². The molecule has 2 rings (SSSR count). The molecule has 0 aromatic carbocycles. The summed E-state index contributed by atoms with van der Waals surface area (Å²) in [7, 11) is 0. The highest BCUT2D eigenvalue weighted by atomic mass is 19.2. The molecule has 4 heteroatoms. The van der Waals surface area contributed by atoms with Crippen molar-refractivity contribution < 1.29 is 18.3 Å². The maximum absolute atomic E-state index is 13.7. The number of rotatable bonds is 10. The SMILES string of the molecule is C=CC1CCC(CO/C=C/C=C(OCC2CCC(C=C)CC2)\C(F)=C\F)CC1.CC. The van der Waals surface area contributed by atoms with E-state index in [0.29, 0.717) is 36.9 Å². The Bertz CT molecular complexity index is 564. The van der Waals surface area contributed by atoms with Crippen molar-refractivity contribution in [1.82, 2.24) is 0 Å². The van der Waals surface area contributed by atoms with Crippen LogP contribution < -0.4 is 0 Å². The standard InChI is InChI=1S/C24H34F2O2.C2H6/c1-3-19-7-11-21(12-8-19)17-27-15-5-6-24(23(26)16-25)28-18-22-13-9-20(4-2)10-14-22;1-2/h3-6,15-16,19-22H,1-2,7-14,17-18H2;1-2H3/b15-5+,23-16-,24-6+;. The van der Waals surface area contributed by atoms with E-state index in [1.165, 1.54) is 25.2 Å². The Labute approximate surface area is 182 Å². The first kappa shape index (κ1) is 26.2. The van der Waals surface area contributed by atoms with Crippen molar-refractivity contribution in [2.24, 2.45) is 23.7 Å². The summed E-state index contributed by atoms with van der Waals surface area (Å²) >= 11 is 0. The van der Waals surface area contributed by atoms with E-state index in [2.05, 4.69) is 13.2 Å². The van der Waals surface area contributed by atoms with Gasteiger partial charge >= 0.3 is 0 Å². The monoisotopic (exact) mass is 422 g/mol. The summed E-state index contributed by atoms with van der Waals surface area (Å²) in [6.07, 6.45) is 17.3. The highest BCUT2D eigenvalue weighted by Crippen LogP contribution is 2.31. The molecule has 30 heavy (non-hydrogen) atoms. The molecule has 0 aliphatic heterocycles. The van der Waals surface area contributed by atoms with Crippen molar-refractivity contribution in [3.05, 3.63) is 61.6 Å². The van der Waals surface area contributed by atoms with E-state index in [9.17, 15) is 8.78 Å². The van der Waals surface area contributed by atoms with Crippen LogP contribution in [0.2, 0.25) is 0 Å². The summed E-state index contributed by atoms with van der Waals surface area (Å²) < 4.78 is 37.5. The van der Waals surface area contributed by atoms with Crippen molar-refractivity contribution in [3.8, 4) is 0 Å². The highest BCUT2D eigenvalue weighted by molar-refractivity contribution is 5.22. The number of ether oxygens (including phenoxy) is 2. The Kier molecular flexibility index (Phi) is 13.9. The topological polar surface area (TPSA) is 18.5 Å². The third-order valence-corrected chi connectivity index (χ3v) is 6.01. The molecule has 2 aliphatic carbocycles. The van der Waals surface area contributed by atoms with Crippen molar-refractivity contribution in [1.29, 1.82) is 0 Å². The van der Waals surface area contributed by atoms with Crippen molar-refractivity contribution in [2.75, 3.05) is 13.2 Å². The zero-order chi connectivity index (χ0) is 22.2. The minimum absolute atomic E-state index is 0.0623. The molecule has 2 fully saturated rings. The van der Waals surface area contributed by atoms with Gasteiger partial charge in [-0.2, -0.15) is 0 Å². The van der Waals surface area contributed by atoms with Gasteiger partial charge in [-0.3, -0.25) is 0 Å². The van der Waals surface area contributed by atoms with Gasteiger partial charge in [0.15, 0.2) is 11.6 Å². The van der Waals surface area contributed by atoms with Gasteiger partial charge in [-0.25, -0.2) is 8.78 Å². The van der Waals surface area contributed by atoms with Gasteiger partial charge in [0.1, 0.15) is 6.33 Å². The van der Waals surface area contributed by atoms with Crippen LogP contribution in [0.25, 0.3) is 0 Å². The first-order valence-corrected chi connectivity index (χ1v) is 11.5. The molecule has 0 saturated heterocycles. The Hall–Kier alpha value is -1.84. The molecule has 0 spiro atoms. The maximum atomic E-state index is 13.7. The lowest BCUT2D eigenvalue weighted by Gasteiger charge is -2.26. The van der Waals surface area contributed by atoms with Crippen LogP contribution in [-0.4, -0.2) is 13.2 Å². The number of allylic oxidation sites excluding steroid dienone is 5. The lowest BCUT2D eigenvalue weighted by molar-refractivity contribution is 0.133. The molecule has 0 aromatic rings. The van der Waals surface area contributed by atoms with Crippen LogP contribution >= 0.6 is 0 Å². The minimum atomic E-state index is -0.993. The predicted molar refractivity (Wildman–Crippen MR) is 122 cm³/mol. The fourth-order valence-electron chi connectivity index (χ4n) is 4.01. The van der Waals surface area contributed by atoms with Crippen LogP contribution in [0.5, 0.6) is 0 Å². The van der Waals surface area contributed by atoms with E-state index in [1.54, 1.807) is 6.08 Å². The molecule has 0 heterocycles. The van der Waals surface area contributed by atoms with E-state index in [1.807, 2.05) is 26.0 Å². The summed E-state index contributed by atoms with van der Waals surface area (Å²) in [5.41, 5.74) is 0. The molecule has 0 bridgehead atoms. The summed E-state index contributed by atoms with van der Waals surface area (Å²) in [5, 5.41) is 0. The first-order chi connectivity index (χ1) is 14.7. The van der Waals surface area contributed by atoms with Gasteiger partial charge in [0, 0.05) is 0 Å². The van der Waals surface area contributed by atoms with Crippen molar-refractivity contribution >= 4 is 0 Å². The second-order valence-electron chi connectivity index (χ2n) is 7.99. The van der Waals surface area contributed by atoms with Crippen LogP contribution in [0.3, 0.4) is 0 Å². The minimum Gasteiger partial charge on any atom is -0.501 e. The smallest absolute Gasteiger partial charge is 0.193 e. The van der Waals surface area contributed by atoms with E-state index < -0.39 is 5.83 Å². The highest BCUT2D eigenvalue weighted by Gasteiger charge is 2.21. The summed E-state index contributed by atoms with van der Waals surface area (Å²) in [6.45, 7) is 12.8. The Balaban J connectivity index is 0.00000218. The molecule has 0 atom stereocenters. The lowest BCUT2D eigenvalue weighted by Crippen LogP contribution is -2.17. The van der Waals surface area contributed by atoms with Gasteiger partial charge in [0.2, 0.25) is 0 Å². The van der Waals surface area contributed by atoms with Crippen LogP contribution in [0, 0.1) is 23.7 Å². The van der Waals surface area contributed by atoms with Crippen LogP contribution in [0.15, 0.2) is 61.6 Å².